The van der Waals surface area contributed by atoms with Gasteiger partial charge in [-0.15, -0.1) is 0 Å². The Labute approximate surface area is 265 Å². The number of hydrogen-bond donors (Lipinski definition) is 4. The lowest BCUT2D eigenvalue weighted by atomic mass is 9.82. The molecule has 1 saturated carbocycles. The molecule has 15 heteroatoms. The number of rotatable bonds is 9. The average molecular weight is 666 g/mol. The van der Waals surface area contributed by atoms with Crippen molar-refractivity contribution < 1.29 is 45.5 Å². The minimum Gasteiger partial charge on any atom is -0.361 e. The predicted octanol–water partition coefficient (Wildman–Crippen LogP) is 4.46. The normalized spacial score (nSPS) is 18.6. The van der Waals surface area contributed by atoms with Gasteiger partial charge in [-0.3, -0.25) is 19.2 Å². The Morgan fingerprint density at radius 2 is 1.60 bits per heavy atom. The predicted molar refractivity (Wildman–Crippen MR) is 157 cm³/mol. The van der Waals surface area contributed by atoms with E-state index < -0.39 is 77.8 Å². The molecule has 5 rings (SSSR count). The molecule has 1 aliphatic carbocycles. The Hall–Kier alpha value is -4.56. The summed E-state index contributed by atoms with van der Waals surface area (Å²) in [7, 11) is 0. The molecular formula is C32H33F6N5O4. The highest BCUT2D eigenvalue weighted by Gasteiger charge is 2.40. The van der Waals surface area contributed by atoms with Crippen molar-refractivity contribution in [1.29, 1.82) is 0 Å². The maximum atomic E-state index is 13.4. The molecule has 1 aromatic heterocycles. The maximum absolute atomic E-state index is 13.4. The summed E-state index contributed by atoms with van der Waals surface area (Å²) in [6.07, 6.45) is -4.20. The second-order valence-electron chi connectivity index (χ2n) is 12.0. The fourth-order valence-electron chi connectivity index (χ4n) is 6.23. The van der Waals surface area contributed by atoms with Crippen molar-refractivity contribution in [3.8, 4) is 0 Å². The van der Waals surface area contributed by atoms with Gasteiger partial charge >= 0.3 is 12.4 Å². The number of fused-ring (bicyclic) bond motifs is 1. The minimum atomic E-state index is -5.06. The summed E-state index contributed by atoms with van der Waals surface area (Å²) in [5.74, 6) is -2.53. The largest absolute Gasteiger partial charge is 0.416 e. The maximum Gasteiger partial charge on any atom is 0.416 e. The van der Waals surface area contributed by atoms with Gasteiger partial charge in [-0.25, -0.2) is 0 Å². The summed E-state index contributed by atoms with van der Waals surface area (Å²) >= 11 is 0. The fraction of sp³-hybridized carbons (Fsp3) is 0.438. The van der Waals surface area contributed by atoms with Crippen LogP contribution in [0.2, 0.25) is 0 Å². The lowest BCUT2D eigenvalue weighted by Gasteiger charge is -2.37. The van der Waals surface area contributed by atoms with E-state index in [-0.39, 0.29) is 24.9 Å². The first kappa shape index (κ1) is 33.8. The van der Waals surface area contributed by atoms with Gasteiger partial charge in [0.1, 0.15) is 25.2 Å². The van der Waals surface area contributed by atoms with Crippen LogP contribution in [0, 0.1) is 5.92 Å². The molecule has 1 saturated heterocycles. The van der Waals surface area contributed by atoms with Gasteiger partial charge in [0.05, 0.1) is 11.1 Å². The van der Waals surface area contributed by atoms with Crippen LogP contribution in [0.4, 0.5) is 26.3 Å². The zero-order valence-corrected chi connectivity index (χ0v) is 25.1. The highest BCUT2D eigenvalue weighted by atomic mass is 19.4. The molecule has 2 aliphatic rings. The number of nitrogens with one attached hydrogen (secondary N) is 4. The second kappa shape index (κ2) is 13.7. The fourth-order valence-corrected chi connectivity index (χ4v) is 6.23. The molecule has 4 N–H and O–H groups in total. The van der Waals surface area contributed by atoms with E-state index in [0.29, 0.717) is 17.7 Å². The van der Waals surface area contributed by atoms with Crippen LogP contribution in [0.1, 0.15) is 54.4 Å². The van der Waals surface area contributed by atoms with Gasteiger partial charge in [0.2, 0.25) is 23.6 Å². The number of carbonyl (C=O) groups is 4. The van der Waals surface area contributed by atoms with Crippen molar-refractivity contribution in [2.75, 3.05) is 13.1 Å². The Kier molecular flexibility index (Phi) is 9.82. The van der Waals surface area contributed by atoms with Crippen molar-refractivity contribution in [2.24, 2.45) is 5.92 Å². The Morgan fingerprint density at radius 3 is 2.26 bits per heavy atom. The summed E-state index contributed by atoms with van der Waals surface area (Å²) in [6, 6.07) is 6.02. The average Bonchev–Trinajstić information content (AvgIpc) is 3.43. The summed E-state index contributed by atoms with van der Waals surface area (Å²) in [5, 5.41) is 8.36. The van der Waals surface area contributed by atoms with Gasteiger partial charge < -0.3 is 25.8 Å². The molecule has 0 radical (unpaired) electrons. The van der Waals surface area contributed by atoms with Crippen LogP contribution in [-0.2, 0) is 44.5 Å². The first-order valence-electron chi connectivity index (χ1n) is 15.2. The molecule has 252 valence electrons. The zero-order chi connectivity index (χ0) is 33.9. The molecular weight excluding hydrogens is 632 g/mol. The van der Waals surface area contributed by atoms with Crippen LogP contribution in [0.3, 0.4) is 0 Å². The Bertz CT molecular complexity index is 1610. The van der Waals surface area contributed by atoms with E-state index in [0.717, 1.165) is 47.9 Å². The number of hydrogen-bond acceptors (Lipinski definition) is 4. The first-order chi connectivity index (χ1) is 22.2. The molecule has 4 amide bonds. The third-order valence-electron chi connectivity index (χ3n) is 8.55. The molecule has 0 spiro atoms. The van der Waals surface area contributed by atoms with Gasteiger partial charge in [-0.1, -0.05) is 37.5 Å². The highest BCUT2D eigenvalue weighted by Crippen LogP contribution is 2.36. The van der Waals surface area contributed by atoms with Crippen molar-refractivity contribution in [1.82, 2.24) is 25.8 Å². The first-order valence-corrected chi connectivity index (χ1v) is 15.2. The number of benzene rings is 2. The smallest absolute Gasteiger partial charge is 0.361 e. The lowest BCUT2D eigenvalue weighted by Crippen LogP contribution is -2.62. The van der Waals surface area contributed by atoms with Gasteiger partial charge in [-0.05, 0) is 54.2 Å². The van der Waals surface area contributed by atoms with E-state index in [9.17, 15) is 45.5 Å². The number of aromatic nitrogens is 1. The van der Waals surface area contributed by atoms with E-state index in [1.54, 1.807) is 30.5 Å². The van der Waals surface area contributed by atoms with Gasteiger partial charge in [0, 0.05) is 30.1 Å². The Morgan fingerprint density at radius 1 is 0.936 bits per heavy atom. The zero-order valence-electron chi connectivity index (χ0n) is 25.1. The third kappa shape index (κ3) is 8.24. The molecule has 9 nitrogen and oxygen atoms in total. The number of alkyl halides is 6. The van der Waals surface area contributed by atoms with Crippen molar-refractivity contribution in [3.05, 3.63) is 70.9 Å². The van der Waals surface area contributed by atoms with E-state index >= 15 is 0 Å². The SMILES string of the molecule is O=C(CN1CC(=O)NC(C2CCCCC2)C1=O)NC(Cc1c[nH]c2ccccc12)C(=O)NCc1cc(C(F)(F)F)cc(C(F)(F)F)c1. The molecule has 1 aliphatic heterocycles. The highest BCUT2D eigenvalue weighted by molar-refractivity contribution is 5.98. The van der Waals surface area contributed by atoms with Crippen LogP contribution in [0.15, 0.2) is 48.7 Å². The number of para-hydroxylation sites is 1. The van der Waals surface area contributed by atoms with Crippen LogP contribution < -0.4 is 16.0 Å². The second-order valence-corrected chi connectivity index (χ2v) is 12.0. The topological polar surface area (TPSA) is 123 Å². The van der Waals surface area contributed by atoms with Gasteiger partial charge in [0.25, 0.3) is 0 Å². The molecule has 2 unspecified atom stereocenters. The molecule has 2 aromatic carbocycles. The van der Waals surface area contributed by atoms with Crippen molar-refractivity contribution >= 4 is 34.5 Å². The van der Waals surface area contributed by atoms with E-state index in [1.165, 1.54) is 0 Å². The summed E-state index contributed by atoms with van der Waals surface area (Å²) in [4.78, 5) is 56.6. The van der Waals surface area contributed by atoms with Crippen molar-refractivity contribution in [3.63, 3.8) is 0 Å². The van der Waals surface area contributed by atoms with Crippen LogP contribution in [0.5, 0.6) is 0 Å². The number of carbonyl (C=O) groups excluding carboxylic acids is 4. The molecule has 0 bridgehead atoms. The van der Waals surface area contributed by atoms with E-state index in [2.05, 4.69) is 20.9 Å². The molecule has 47 heavy (non-hydrogen) atoms. The van der Waals surface area contributed by atoms with E-state index in [1.807, 2.05) is 0 Å². The third-order valence-corrected chi connectivity index (χ3v) is 8.55. The minimum absolute atomic E-state index is 0.00760. The number of amides is 4. The number of halogens is 6. The van der Waals surface area contributed by atoms with Gasteiger partial charge in [0.15, 0.2) is 0 Å². The van der Waals surface area contributed by atoms with Gasteiger partial charge in [-0.2, -0.15) is 26.3 Å². The van der Waals surface area contributed by atoms with Crippen LogP contribution in [0.25, 0.3) is 10.9 Å². The molecule has 2 heterocycles. The van der Waals surface area contributed by atoms with Crippen molar-refractivity contribution in [2.45, 2.75) is 69.5 Å². The summed E-state index contributed by atoms with van der Waals surface area (Å²) in [6.45, 7) is -1.58. The van der Waals surface area contributed by atoms with E-state index in [4.69, 9.17) is 0 Å². The standard InChI is InChI=1S/C32H33F6N5O4/c33-31(34,35)21-10-18(11-22(13-21)32(36,37)38)14-40-29(46)25(12-20-15-39-24-9-5-4-8-23(20)24)41-26(44)16-43-17-27(45)42-28(30(43)47)19-6-2-1-3-7-19/h4-5,8-11,13,15,19,25,28,39H,1-3,6-7,12,14,16-17H2,(H,40,46)(H,41,44)(H,42,45). The molecule has 2 atom stereocenters. The van der Waals surface area contributed by atoms with Crippen LogP contribution in [-0.4, -0.2) is 58.7 Å². The Balaban J connectivity index is 1.33. The monoisotopic (exact) mass is 665 g/mol. The molecule has 2 fully saturated rings. The summed E-state index contributed by atoms with van der Waals surface area (Å²) < 4.78 is 80.2. The summed E-state index contributed by atoms with van der Waals surface area (Å²) in [5.41, 5.74) is -2.17. The lowest BCUT2D eigenvalue weighted by molar-refractivity contribution is -0.148. The quantitative estimate of drug-likeness (QED) is 0.252. The van der Waals surface area contributed by atoms with Crippen LogP contribution >= 0.6 is 0 Å². The molecule has 3 aromatic rings. The number of aromatic amines is 1. The number of H-pyrrole nitrogens is 1. The number of piperazine rings is 1. The number of nitrogens with zero attached hydrogens (tertiary/aromatic N) is 1.